The van der Waals surface area contributed by atoms with Gasteiger partial charge in [0, 0.05) is 17.9 Å². The van der Waals surface area contributed by atoms with Gasteiger partial charge >= 0.3 is 0 Å². The van der Waals surface area contributed by atoms with E-state index in [1.807, 2.05) is 26.0 Å². The van der Waals surface area contributed by atoms with Crippen molar-refractivity contribution in [1.82, 2.24) is 0 Å². The van der Waals surface area contributed by atoms with E-state index in [9.17, 15) is 9.90 Å². The van der Waals surface area contributed by atoms with E-state index in [1.165, 1.54) is 0 Å². The fourth-order valence-corrected chi connectivity index (χ4v) is 1.74. The topological polar surface area (TPSA) is 37.3 Å². The summed E-state index contributed by atoms with van der Waals surface area (Å²) in [5.41, 5.74) is 2.53. The van der Waals surface area contributed by atoms with Crippen molar-refractivity contribution in [3.8, 4) is 11.8 Å². The highest BCUT2D eigenvalue weighted by Crippen LogP contribution is 2.27. The maximum Gasteiger partial charge on any atom is 0.145 e. The third-order valence-corrected chi connectivity index (χ3v) is 2.74. The summed E-state index contributed by atoms with van der Waals surface area (Å²) >= 11 is 0. The molecule has 0 aliphatic heterocycles. The lowest BCUT2D eigenvalue weighted by molar-refractivity contribution is -0.105. The molecule has 2 atom stereocenters. The molecule has 1 N–H and O–H groups in total. The van der Waals surface area contributed by atoms with Crippen LogP contribution < -0.4 is 0 Å². The quantitative estimate of drug-likeness (QED) is 0.584. The molecular weight excluding hydrogens is 212 g/mol. The number of carbonyl (C=O) groups is 1. The zero-order valence-electron chi connectivity index (χ0n) is 10.4. The summed E-state index contributed by atoms with van der Waals surface area (Å²) in [4.78, 5) is 10.6. The Morgan fingerprint density at radius 3 is 2.82 bits per heavy atom. The van der Waals surface area contributed by atoms with E-state index in [4.69, 9.17) is 0 Å². The minimum atomic E-state index is -0.547. The number of allylic oxidation sites excluding steroid dienone is 3. The van der Waals surface area contributed by atoms with E-state index in [0.29, 0.717) is 18.4 Å². The van der Waals surface area contributed by atoms with Gasteiger partial charge in [0.05, 0.1) is 6.10 Å². The van der Waals surface area contributed by atoms with E-state index in [2.05, 4.69) is 18.4 Å². The van der Waals surface area contributed by atoms with Gasteiger partial charge in [-0.3, -0.25) is 4.79 Å². The van der Waals surface area contributed by atoms with Gasteiger partial charge in [0.1, 0.15) is 6.29 Å². The standard InChI is InChI=1S/C15H18O2/c1-11(2)5-4-6-12(3)14-8-7-13(10-16)9-15(14)17/h5,7,10,14-15,17H,3,8-9H2,1-2H3. The van der Waals surface area contributed by atoms with Gasteiger partial charge in [-0.15, -0.1) is 0 Å². The largest absolute Gasteiger partial charge is 0.392 e. The summed E-state index contributed by atoms with van der Waals surface area (Å²) < 4.78 is 0. The summed E-state index contributed by atoms with van der Waals surface area (Å²) in [6.07, 6.45) is 4.98. The summed E-state index contributed by atoms with van der Waals surface area (Å²) in [5.74, 6) is 5.80. The Balaban J connectivity index is 2.71. The van der Waals surface area contributed by atoms with Crippen molar-refractivity contribution in [3.63, 3.8) is 0 Å². The van der Waals surface area contributed by atoms with Crippen LogP contribution in [0.4, 0.5) is 0 Å². The van der Waals surface area contributed by atoms with E-state index in [1.54, 1.807) is 0 Å². The highest BCUT2D eigenvalue weighted by Gasteiger charge is 2.25. The molecule has 90 valence electrons. The molecule has 0 fully saturated rings. The van der Waals surface area contributed by atoms with Gasteiger partial charge in [-0.2, -0.15) is 0 Å². The van der Waals surface area contributed by atoms with Crippen molar-refractivity contribution in [2.24, 2.45) is 5.92 Å². The number of hydrogen-bond acceptors (Lipinski definition) is 2. The first kappa shape index (κ1) is 13.5. The van der Waals surface area contributed by atoms with E-state index >= 15 is 0 Å². The molecular formula is C15H18O2. The van der Waals surface area contributed by atoms with Crippen LogP contribution in [-0.4, -0.2) is 17.5 Å². The highest BCUT2D eigenvalue weighted by atomic mass is 16.3. The molecule has 1 aliphatic rings. The second-order valence-corrected chi connectivity index (χ2v) is 4.53. The maximum absolute atomic E-state index is 10.6. The van der Waals surface area contributed by atoms with Crippen LogP contribution in [0.3, 0.4) is 0 Å². The summed E-state index contributed by atoms with van der Waals surface area (Å²) in [6, 6.07) is 0. The molecule has 1 rings (SSSR count). The Morgan fingerprint density at radius 1 is 1.59 bits per heavy atom. The summed E-state index contributed by atoms with van der Waals surface area (Å²) in [6.45, 7) is 7.85. The highest BCUT2D eigenvalue weighted by molar-refractivity contribution is 5.73. The molecule has 0 radical (unpaired) electrons. The van der Waals surface area contributed by atoms with Crippen LogP contribution in [0.5, 0.6) is 0 Å². The number of carbonyl (C=O) groups excluding carboxylic acids is 1. The predicted molar refractivity (Wildman–Crippen MR) is 69.2 cm³/mol. The van der Waals surface area contributed by atoms with Crippen LogP contribution in [0.1, 0.15) is 26.7 Å². The minimum Gasteiger partial charge on any atom is -0.392 e. The Hall–Kier alpha value is -1.59. The van der Waals surface area contributed by atoms with Crippen LogP contribution in [0.15, 0.2) is 35.5 Å². The van der Waals surface area contributed by atoms with Crippen molar-refractivity contribution in [3.05, 3.63) is 35.5 Å². The number of rotatable bonds is 2. The van der Waals surface area contributed by atoms with Gasteiger partial charge in [-0.05, 0) is 31.9 Å². The first-order valence-electron chi connectivity index (χ1n) is 5.70. The van der Waals surface area contributed by atoms with E-state index in [-0.39, 0.29) is 5.92 Å². The van der Waals surface area contributed by atoms with Crippen molar-refractivity contribution < 1.29 is 9.90 Å². The van der Waals surface area contributed by atoms with Crippen LogP contribution in [0.2, 0.25) is 0 Å². The molecule has 2 nitrogen and oxygen atoms in total. The fourth-order valence-electron chi connectivity index (χ4n) is 1.74. The lowest BCUT2D eigenvalue weighted by Crippen LogP contribution is -2.25. The number of hydrogen-bond donors (Lipinski definition) is 1. The van der Waals surface area contributed by atoms with Gasteiger partial charge < -0.3 is 5.11 Å². The average molecular weight is 230 g/mol. The molecule has 2 unspecified atom stereocenters. The molecule has 2 heteroatoms. The number of aliphatic hydroxyl groups excluding tert-OH is 1. The molecule has 0 saturated heterocycles. The first-order chi connectivity index (χ1) is 8.04. The van der Waals surface area contributed by atoms with Crippen molar-refractivity contribution >= 4 is 6.29 Å². The number of aldehydes is 1. The molecule has 0 bridgehead atoms. The van der Waals surface area contributed by atoms with Crippen LogP contribution in [0.25, 0.3) is 0 Å². The predicted octanol–water partition coefficient (Wildman–Crippen LogP) is 2.41. The molecule has 0 saturated carbocycles. The van der Waals surface area contributed by atoms with Crippen LogP contribution >= 0.6 is 0 Å². The Bertz CT molecular complexity index is 426. The molecule has 0 aromatic rings. The van der Waals surface area contributed by atoms with E-state index in [0.717, 1.165) is 17.4 Å². The second-order valence-electron chi connectivity index (χ2n) is 4.53. The Morgan fingerprint density at radius 2 is 2.29 bits per heavy atom. The Labute approximate surface area is 103 Å². The zero-order chi connectivity index (χ0) is 12.8. The van der Waals surface area contributed by atoms with Gasteiger partial charge in [0.15, 0.2) is 0 Å². The SMILES string of the molecule is C=C(C#CC=C(C)C)C1CC=C(C=O)CC1O. The lowest BCUT2D eigenvalue weighted by atomic mass is 9.83. The van der Waals surface area contributed by atoms with Gasteiger partial charge in [-0.1, -0.05) is 30.1 Å². The van der Waals surface area contributed by atoms with Crippen molar-refractivity contribution in [1.29, 1.82) is 0 Å². The molecule has 0 aromatic carbocycles. The smallest absolute Gasteiger partial charge is 0.145 e. The summed E-state index contributed by atoms with van der Waals surface area (Å²) in [5, 5.41) is 9.91. The zero-order valence-corrected chi connectivity index (χ0v) is 10.4. The summed E-state index contributed by atoms with van der Waals surface area (Å²) in [7, 11) is 0. The van der Waals surface area contributed by atoms with Gasteiger partial charge in [0.25, 0.3) is 0 Å². The molecule has 0 amide bonds. The van der Waals surface area contributed by atoms with Crippen LogP contribution in [-0.2, 0) is 4.79 Å². The van der Waals surface area contributed by atoms with Crippen molar-refractivity contribution in [2.75, 3.05) is 0 Å². The van der Waals surface area contributed by atoms with E-state index < -0.39 is 6.10 Å². The lowest BCUT2D eigenvalue weighted by Gasteiger charge is -2.25. The molecule has 0 heterocycles. The van der Waals surface area contributed by atoms with Crippen molar-refractivity contribution in [2.45, 2.75) is 32.8 Å². The molecule has 0 aromatic heterocycles. The normalized spacial score (nSPS) is 22.9. The third kappa shape index (κ3) is 4.05. The average Bonchev–Trinajstić information content (AvgIpc) is 2.28. The van der Waals surface area contributed by atoms with Gasteiger partial charge in [-0.25, -0.2) is 0 Å². The Kier molecular flexibility index (Phi) is 4.93. The monoisotopic (exact) mass is 230 g/mol. The molecule has 17 heavy (non-hydrogen) atoms. The second kappa shape index (κ2) is 6.22. The fraction of sp³-hybridized carbons (Fsp3) is 0.400. The minimum absolute atomic E-state index is 0.0586. The molecule has 1 aliphatic carbocycles. The molecule has 0 spiro atoms. The number of aliphatic hydroxyl groups is 1. The van der Waals surface area contributed by atoms with Crippen LogP contribution in [0, 0.1) is 17.8 Å². The first-order valence-corrected chi connectivity index (χ1v) is 5.70. The maximum atomic E-state index is 10.6. The third-order valence-electron chi connectivity index (χ3n) is 2.74. The van der Waals surface area contributed by atoms with Gasteiger partial charge in [0.2, 0.25) is 0 Å².